The quantitative estimate of drug-likeness (QED) is 0.0222. The van der Waals surface area contributed by atoms with Gasteiger partial charge < -0.3 is 33.8 Å². The zero-order chi connectivity index (χ0) is 68.7. The van der Waals surface area contributed by atoms with Crippen molar-refractivity contribution >= 4 is 39.5 Å². The van der Waals surface area contributed by atoms with E-state index in [1.54, 1.807) is 0 Å². The normalized spacial score (nSPS) is 14.4. The fraction of sp³-hybridized carbons (Fsp3) is 0.946. The van der Waals surface area contributed by atoms with Crippen LogP contribution in [0.5, 0.6) is 0 Å². The van der Waals surface area contributed by atoms with Gasteiger partial charge in [0, 0.05) is 25.7 Å². The van der Waals surface area contributed by atoms with Crippen molar-refractivity contribution in [2.24, 2.45) is 17.8 Å². The number of unbranched alkanes of at least 4 members (excludes halogenated alkanes) is 39. The molecule has 3 unspecified atom stereocenters. The van der Waals surface area contributed by atoms with Gasteiger partial charge in [-0.3, -0.25) is 37.3 Å². The molecule has 3 N–H and O–H groups in total. The predicted molar refractivity (Wildman–Crippen MR) is 377 cm³/mol. The summed E-state index contributed by atoms with van der Waals surface area (Å²) in [7, 11) is -9.91. The highest BCUT2D eigenvalue weighted by Crippen LogP contribution is 2.45. The zero-order valence-electron chi connectivity index (χ0n) is 60.7. The topological polar surface area (TPSA) is 237 Å². The van der Waals surface area contributed by atoms with Crippen LogP contribution in [0.4, 0.5) is 0 Å². The van der Waals surface area contributed by atoms with Gasteiger partial charge in [-0.1, -0.05) is 325 Å². The first-order valence-corrected chi connectivity index (χ1v) is 41.4. The van der Waals surface area contributed by atoms with Crippen LogP contribution in [0.15, 0.2) is 0 Å². The lowest BCUT2D eigenvalue weighted by atomic mass is 9.99. The summed E-state index contributed by atoms with van der Waals surface area (Å²) in [5.41, 5.74) is 0. The van der Waals surface area contributed by atoms with E-state index >= 15 is 0 Å². The van der Waals surface area contributed by atoms with Crippen LogP contribution in [0, 0.1) is 17.8 Å². The molecule has 6 atom stereocenters. The molecule has 0 radical (unpaired) electrons. The van der Waals surface area contributed by atoms with Crippen molar-refractivity contribution in [3.63, 3.8) is 0 Å². The Bertz CT molecular complexity index is 1820. The SMILES string of the molecule is CCCCCCCCCCCCCCCC(=O)OC[C@H](COP(=O)(O)OC[C@@H](O)COP(=O)(O)OC[C@@H](COC(=O)CCCCCCCCCC(C)C)OC(=O)CCCCCCCCCCCC(C)C)OC(=O)CCCCCCCCCCCCCCCCC(C)CC. The summed E-state index contributed by atoms with van der Waals surface area (Å²) in [5.74, 6) is 0.166. The van der Waals surface area contributed by atoms with E-state index in [0.717, 1.165) is 108 Å². The second-order valence-corrected chi connectivity index (χ2v) is 30.8. The molecule has 0 aromatic heterocycles. The molecule has 0 rings (SSSR count). The molecule has 0 spiro atoms. The average molecular weight is 1370 g/mol. The average Bonchev–Trinajstić information content (AvgIpc) is 1.76. The Labute approximate surface area is 568 Å². The first-order chi connectivity index (χ1) is 44.8. The van der Waals surface area contributed by atoms with Gasteiger partial charge in [0.2, 0.25) is 0 Å². The minimum absolute atomic E-state index is 0.104. The van der Waals surface area contributed by atoms with Crippen LogP contribution in [0.2, 0.25) is 0 Å². The summed E-state index contributed by atoms with van der Waals surface area (Å²) >= 11 is 0. The van der Waals surface area contributed by atoms with Crippen LogP contribution in [-0.4, -0.2) is 96.7 Å². The molecule has 0 aromatic rings. The van der Waals surface area contributed by atoms with Crippen molar-refractivity contribution in [3.8, 4) is 0 Å². The Kier molecular flexibility index (Phi) is 63.4. The van der Waals surface area contributed by atoms with Crippen LogP contribution in [0.25, 0.3) is 0 Å². The molecule has 0 bridgehead atoms. The maximum atomic E-state index is 13.1. The second kappa shape index (κ2) is 64.7. The molecule has 0 aliphatic carbocycles. The van der Waals surface area contributed by atoms with E-state index in [4.69, 9.17) is 37.0 Å². The Morgan fingerprint density at radius 3 is 0.817 bits per heavy atom. The standard InChI is InChI=1S/C74H144O17P2/c1-8-10-11-12-13-14-15-18-22-27-34-41-48-55-71(76)84-61-69(90-73(78)57-50-43-35-28-23-20-17-16-19-21-26-33-40-47-54-67(7)9-2)63-88-92(80,81)86-59-68(75)60-87-93(82,83)89-64-70(62-85-72(77)56-49-42-37-30-32-39-46-53-66(5)6)91-74(79)58-51-44-36-29-24-25-31-38-45-52-65(3)4/h65-70,75H,8-64H2,1-7H3,(H,80,81)(H,82,83)/t67?,68-,69-,70-/m1/s1. The molecule has 0 aliphatic heterocycles. The Morgan fingerprint density at radius 1 is 0.312 bits per heavy atom. The number of carbonyl (C=O) groups excluding carboxylic acids is 4. The van der Waals surface area contributed by atoms with E-state index in [1.165, 1.54) is 180 Å². The number of carbonyl (C=O) groups is 4. The van der Waals surface area contributed by atoms with Gasteiger partial charge in [0.15, 0.2) is 12.2 Å². The monoisotopic (exact) mass is 1370 g/mol. The van der Waals surface area contributed by atoms with Crippen LogP contribution >= 0.6 is 15.6 Å². The molecule has 0 saturated carbocycles. The highest BCUT2D eigenvalue weighted by molar-refractivity contribution is 7.47. The van der Waals surface area contributed by atoms with E-state index in [9.17, 15) is 43.2 Å². The summed E-state index contributed by atoms with van der Waals surface area (Å²) in [6.45, 7) is 11.9. The number of phosphoric acid groups is 2. The van der Waals surface area contributed by atoms with E-state index in [2.05, 4.69) is 48.5 Å². The number of aliphatic hydroxyl groups excluding tert-OH is 1. The third-order valence-electron chi connectivity index (χ3n) is 17.5. The number of phosphoric ester groups is 2. The molecule has 0 heterocycles. The van der Waals surface area contributed by atoms with Crippen LogP contribution < -0.4 is 0 Å². The number of hydrogen-bond acceptors (Lipinski definition) is 15. The predicted octanol–water partition coefficient (Wildman–Crippen LogP) is 21.4. The van der Waals surface area contributed by atoms with E-state index in [0.29, 0.717) is 31.6 Å². The fourth-order valence-electron chi connectivity index (χ4n) is 11.2. The van der Waals surface area contributed by atoms with Crippen molar-refractivity contribution in [3.05, 3.63) is 0 Å². The van der Waals surface area contributed by atoms with Crippen LogP contribution in [0.3, 0.4) is 0 Å². The summed E-state index contributed by atoms with van der Waals surface area (Å²) in [4.78, 5) is 72.7. The third kappa shape index (κ3) is 67.0. The summed E-state index contributed by atoms with van der Waals surface area (Å²) in [6.07, 6.45) is 49.9. The first kappa shape index (κ1) is 91.1. The maximum absolute atomic E-state index is 13.1. The summed E-state index contributed by atoms with van der Waals surface area (Å²) in [5, 5.41) is 10.6. The molecule has 0 saturated heterocycles. The lowest BCUT2D eigenvalue weighted by Crippen LogP contribution is -2.30. The summed E-state index contributed by atoms with van der Waals surface area (Å²) < 4.78 is 68.4. The highest BCUT2D eigenvalue weighted by Gasteiger charge is 2.30. The molecular formula is C74H144O17P2. The number of esters is 4. The first-order valence-electron chi connectivity index (χ1n) is 38.4. The van der Waals surface area contributed by atoms with Gasteiger partial charge >= 0.3 is 39.5 Å². The van der Waals surface area contributed by atoms with Crippen molar-refractivity contribution < 1.29 is 80.2 Å². The van der Waals surface area contributed by atoms with Crippen molar-refractivity contribution in [1.82, 2.24) is 0 Å². The maximum Gasteiger partial charge on any atom is 0.472 e. The molecule has 17 nitrogen and oxygen atoms in total. The van der Waals surface area contributed by atoms with Gasteiger partial charge in [0.05, 0.1) is 26.4 Å². The van der Waals surface area contributed by atoms with E-state index in [-0.39, 0.29) is 25.7 Å². The molecule has 19 heteroatoms. The smallest absolute Gasteiger partial charge is 0.462 e. The minimum atomic E-state index is -4.96. The molecule has 552 valence electrons. The van der Waals surface area contributed by atoms with Crippen molar-refractivity contribution in [2.45, 2.75) is 394 Å². The van der Waals surface area contributed by atoms with Gasteiger partial charge in [-0.05, 0) is 43.4 Å². The summed E-state index contributed by atoms with van der Waals surface area (Å²) in [6, 6.07) is 0. The van der Waals surface area contributed by atoms with E-state index < -0.39 is 97.5 Å². The lowest BCUT2D eigenvalue weighted by Gasteiger charge is -2.21. The van der Waals surface area contributed by atoms with Crippen LogP contribution in [0.1, 0.15) is 376 Å². The van der Waals surface area contributed by atoms with Crippen molar-refractivity contribution in [2.75, 3.05) is 39.6 Å². The van der Waals surface area contributed by atoms with Gasteiger partial charge in [-0.25, -0.2) is 9.13 Å². The van der Waals surface area contributed by atoms with E-state index in [1.807, 2.05) is 0 Å². The van der Waals surface area contributed by atoms with Gasteiger partial charge in [0.25, 0.3) is 0 Å². The number of aliphatic hydroxyl groups is 1. The van der Waals surface area contributed by atoms with Gasteiger partial charge in [0.1, 0.15) is 19.3 Å². The Hall–Kier alpha value is -1.94. The second-order valence-electron chi connectivity index (χ2n) is 27.9. The van der Waals surface area contributed by atoms with Crippen LogP contribution in [-0.2, 0) is 65.4 Å². The molecule has 0 aliphatic rings. The van der Waals surface area contributed by atoms with Crippen molar-refractivity contribution in [1.29, 1.82) is 0 Å². The molecule has 93 heavy (non-hydrogen) atoms. The molecule has 0 amide bonds. The number of rotatable bonds is 72. The highest BCUT2D eigenvalue weighted by atomic mass is 31.2. The fourth-order valence-corrected chi connectivity index (χ4v) is 12.8. The Morgan fingerprint density at radius 2 is 0.548 bits per heavy atom. The number of ether oxygens (including phenoxy) is 4. The Balaban J connectivity index is 5.24. The van der Waals surface area contributed by atoms with Gasteiger partial charge in [-0.15, -0.1) is 0 Å². The number of hydrogen-bond donors (Lipinski definition) is 3. The molecule has 0 fully saturated rings. The third-order valence-corrected chi connectivity index (χ3v) is 19.4. The minimum Gasteiger partial charge on any atom is -0.462 e. The molecular weight excluding hydrogens is 1220 g/mol. The van der Waals surface area contributed by atoms with Gasteiger partial charge in [-0.2, -0.15) is 0 Å². The molecule has 0 aromatic carbocycles. The largest absolute Gasteiger partial charge is 0.472 e. The zero-order valence-corrected chi connectivity index (χ0v) is 62.5. The lowest BCUT2D eigenvalue weighted by molar-refractivity contribution is -0.161.